The summed E-state index contributed by atoms with van der Waals surface area (Å²) < 4.78 is 28.6. The molecule has 0 radical (unpaired) electrons. The molecule has 1 rings (SSSR count). The molecule has 0 spiro atoms. The minimum absolute atomic E-state index is 0.354. The summed E-state index contributed by atoms with van der Waals surface area (Å²) in [5.41, 5.74) is 0. The van der Waals surface area contributed by atoms with Crippen molar-refractivity contribution in [3.05, 3.63) is 5.82 Å². The number of hydrogen-bond donors (Lipinski definition) is 2. The van der Waals surface area contributed by atoms with E-state index in [0.717, 1.165) is 6.26 Å². The summed E-state index contributed by atoms with van der Waals surface area (Å²) in [5.74, 6) is 0.562. The van der Waals surface area contributed by atoms with Gasteiger partial charge in [0.1, 0.15) is 0 Å². The van der Waals surface area contributed by atoms with Crippen molar-refractivity contribution < 1.29 is 12.9 Å². The Labute approximate surface area is 88.3 Å². The van der Waals surface area contributed by atoms with E-state index in [2.05, 4.69) is 20.2 Å². The molecule has 0 amide bonds. The van der Waals surface area contributed by atoms with Gasteiger partial charge in [0.15, 0.2) is 5.82 Å². The SMILES string of the molecule is Cc1noc(NCCCNS(C)(=O)=O)n1. The monoisotopic (exact) mass is 234 g/mol. The fraction of sp³-hybridized carbons (Fsp3) is 0.714. The number of aryl methyl sites for hydroxylation is 1. The Morgan fingerprint density at radius 2 is 2.13 bits per heavy atom. The summed E-state index contributed by atoms with van der Waals surface area (Å²) in [6, 6.07) is 0.354. The number of hydrogen-bond acceptors (Lipinski definition) is 6. The molecule has 1 heterocycles. The summed E-state index contributed by atoms with van der Waals surface area (Å²) in [7, 11) is -3.09. The normalized spacial score (nSPS) is 11.6. The summed E-state index contributed by atoms with van der Waals surface area (Å²) in [5, 5.41) is 6.47. The van der Waals surface area contributed by atoms with E-state index in [-0.39, 0.29) is 0 Å². The molecule has 8 heteroatoms. The van der Waals surface area contributed by atoms with Crippen LogP contribution in [0.3, 0.4) is 0 Å². The molecule has 15 heavy (non-hydrogen) atoms. The molecule has 1 aromatic heterocycles. The van der Waals surface area contributed by atoms with Crippen LogP contribution in [0.5, 0.6) is 0 Å². The van der Waals surface area contributed by atoms with Crippen molar-refractivity contribution in [1.82, 2.24) is 14.9 Å². The molecule has 0 bridgehead atoms. The first-order valence-corrected chi connectivity index (χ1v) is 6.35. The Hall–Kier alpha value is -1.15. The van der Waals surface area contributed by atoms with Gasteiger partial charge in [-0.15, -0.1) is 0 Å². The maximum atomic E-state index is 10.7. The van der Waals surface area contributed by atoms with Crippen LogP contribution in [-0.2, 0) is 10.0 Å². The van der Waals surface area contributed by atoms with E-state index in [9.17, 15) is 8.42 Å². The van der Waals surface area contributed by atoms with Crippen LogP contribution in [0.15, 0.2) is 4.52 Å². The highest BCUT2D eigenvalue weighted by molar-refractivity contribution is 7.88. The Morgan fingerprint density at radius 1 is 1.40 bits per heavy atom. The average molecular weight is 234 g/mol. The van der Waals surface area contributed by atoms with E-state index >= 15 is 0 Å². The van der Waals surface area contributed by atoms with Gasteiger partial charge in [-0.1, -0.05) is 5.16 Å². The van der Waals surface area contributed by atoms with Gasteiger partial charge in [-0.2, -0.15) is 4.98 Å². The van der Waals surface area contributed by atoms with Crippen LogP contribution in [0.25, 0.3) is 0 Å². The second kappa shape index (κ2) is 5.08. The second-order valence-electron chi connectivity index (χ2n) is 3.09. The minimum atomic E-state index is -3.09. The lowest BCUT2D eigenvalue weighted by atomic mass is 10.4. The van der Waals surface area contributed by atoms with Gasteiger partial charge in [-0.3, -0.25) is 0 Å². The van der Waals surface area contributed by atoms with Crippen LogP contribution < -0.4 is 10.0 Å². The third-order valence-electron chi connectivity index (χ3n) is 1.52. The average Bonchev–Trinajstić information content (AvgIpc) is 2.49. The Bertz CT molecular complexity index is 400. The van der Waals surface area contributed by atoms with Crippen LogP contribution in [-0.4, -0.2) is 37.9 Å². The van der Waals surface area contributed by atoms with Crippen molar-refractivity contribution in [2.45, 2.75) is 13.3 Å². The molecule has 2 N–H and O–H groups in total. The fourth-order valence-corrected chi connectivity index (χ4v) is 1.43. The predicted molar refractivity (Wildman–Crippen MR) is 55.0 cm³/mol. The summed E-state index contributed by atoms with van der Waals surface area (Å²) in [6.07, 6.45) is 1.77. The highest BCUT2D eigenvalue weighted by Crippen LogP contribution is 2.01. The third-order valence-corrected chi connectivity index (χ3v) is 2.25. The number of aromatic nitrogens is 2. The molecule has 0 atom stereocenters. The van der Waals surface area contributed by atoms with Crippen molar-refractivity contribution in [3.63, 3.8) is 0 Å². The summed E-state index contributed by atoms with van der Waals surface area (Å²) in [4.78, 5) is 3.93. The predicted octanol–water partition coefficient (Wildman–Crippen LogP) is -0.271. The summed E-state index contributed by atoms with van der Waals surface area (Å²) >= 11 is 0. The number of sulfonamides is 1. The molecule has 0 fully saturated rings. The van der Waals surface area contributed by atoms with Crippen LogP contribution in [0.1, 0.15) is 12.2 Å². The lowest BCUT2D eigenvalue weighted by Crippen LogP contribution is -2.24. The molecule has 0 unspecified atom stereocenters. The maximum Gasteiger partial charge on any atom is 0.321 e. The zero-order valence-electron chi connectivity index (χ0n) is 8.65. The van der Waals surface area contributed by atoms with Gasteiger partial charge in [0.25, 0.3) is 0 Å². The van der Waals surface area contributed by atoms with Gasteiger partial charge in [0.2, 0.25) is 10.0 Å². The van der Waals surface area contributed by atoms with Crippen LogP contribution in [0.2, 0.25) is 0 Å². The first kappa shape index (κ1) is 11.9. The van der Waals surface area contributed by atoms with Crippen molar-refractivity contribution in [2.75, 3.05) is 24.7 Å². The highest BCUT2D eigenvalue weighted by atomic mass is 32.2. The van der Waals surface area contributed by atoms with Gasteiger partial charge < -0.3 is 9.84 Å². The zero-order valence-corrected chi connectivity index (χ0v) is 9.47. The molecule has 0 aliphatic rings. The smallest absolute Gasteiger partial charge is 0.321 e. The Morgan fingerprint density at radius 3 is 2.67 bits per heavy atom. The number of rotatable bonds is 6. The molecule has 0 aliphatic carbocycles. The maximum absolute atomic E-state index is 10.7. The Balaban J connectivity index is 2.12. The fourth-order valence-electron chi connectivity index (χ4n) is 0.910. The van der Waals surface area contributed by atoms with Crippen LogP contribution in [0.4, 0.5) is 6.01 Å². The first-order chi connectivity index (χ1) is 6.97. The zero-order chi connectivity index (χ0) is 11.3. The van der Waals surface area contributed by atoms with E-state index < -0.39 is 10.0 Å². The van der Waals surface area contributed by atoms with Gasteiger partial charge in [-0.05, 0) is 13.3 Å². The largest absolute Gasteiger partial charge is 0.338 e. The highest BCUT2D eigenvalue weighted by Gasteiger charge is 2.01. The second-order valence-corrected chi connectivity index (χ2v) is 4.93. The van der Waals surface area contributed by atoms with Crippen molar-refractivity contribution in [2.24, 2.45) is 0 Å². The molecule has 0 saturated carbocycles. The van der Waals surface area contributed by atoms with Gasteiger partial charge in [-0.25, -0.2) is 13.1 Å². The topological polar surface area (TPSA) is 97.1 Å². The molecule has 86 valence electrons. The van der Waals surface area contributed by atoms with Crippen LogP contribution >= 0.6 is 0 Å². The van der Waals surface area contributed by atoms with Gasteiger partial charge >= 0.3 is 6.01 Å². The molecule has 7 nitrogen and oxygen atoms in total. The number of nitrogens with one attached hydrogen (secondary N) is 2. The number of nitrogens with zero attached hydrogens (tertiary/aromatic N) is 2. The number of anilines is 1. The third kappa shape index (κ3) is 5.33. The summed E-state index contributed by atoms with van der Waals surface area (Å²) in [6.45, 7) is 2.68. The van der Waals surface area contributed by atoms with Gasteiger partial charge in [0, 0.05) is 13.1 Å². The van der Waals surface area contributed by atoms with Crippen LogP contribution in [0, 0.1) is 6.92 Å². The van der Waals surface area contributed by atoms with E-state index in [0.29, 0.717) is 31.3 Å². The molecular formula is C7H14N4O3S. The van der Waals surface area contributed by atoms with Crippen molar-refractivity contribution >= 4 is 16.0 Å². The van der Waals surface area contributed by atoms with E-state index in [1.807, 2.05) is 0 Å². The first-order valence-electron chi connectivity index (χ1n) is 4.46. The minimum Gasteiger partial charge on any atom is -0.338 e. The Kier molecular flexibility index (Phi) is 4.04. The molecule has 0 saturated heterocycles. The van der Waals surface area contributed by atoms with E-state index in [4.69, 9.17) is 4.52 Å². The van der Waals surface area contributed by atoms with Crippen molar-refractivity contribution in [1.29, 1.82) is 0 Å². The standard InChI is InChI=1S/C7H14N4O3S/c1-6-10-7(14-11-6)8-4-3-5-9-15(2,12)13/h9H,3-5H2,1-2H3,(H,8,10,11). The molecule has 1 aromatic rings. The van der Waals surface area contributed by atoms with Crippen molar-refractivity contribution in [3.8, 4) is 0 Å². The molecule has 0 aromatic carbocycles. The lowest BCUT2D eigenvalue weighted by Gasteiger charge is -2.01. The lowest BCUT2D eigenvalue weighted by molar-refractivity contribution is 0.425. The van der Waals surface area contributed by atoms with E-state index in [1.54, 1.807) is 6.92 Å². The molecular weight excluding hydrogens is 220 g/mol. The molecule has 0 aliphatic heterocycles. The quantitative estimate of drug-likeness (QED) is 0.657. The van der Waals surface area contributed by atoms with Gasteiger partial charge in [0.05, 0.1) is 6.26 Å². The van der Waals surface area contributed by atoms with E-state index in [1.165, 1.54) is 0 Å².